The summed E-state index contributed by atoms with van der Waals surface area (Å²) in [5, 5.41) is 3.01. The molecule has 0 atom stereocenters. The van der Waals surface area contributed by atoms with Gasteiger partial charge in [0.25, 0.3) is 5.91 Å². The largest absolute Gasteiger partial charge is 0.351 e. The summed E-state index contributed by atoms with van der Waals surface area (Å²) < 4.78 is 0.980. The van der Waals surface area contributed by atoms with Crippen LogP contribution in [0.5, 0.6) is 0 Å². The van der Waals surface area contributed by atoms with E-state index in [1.807, 2.05) is 25.1 Å². The Bertz CT molecular complexity index is 457. The molecule has 1 aromatic carbocycles. The van der Waals surface area contributed by atoms with Gasteiger partial charge in [-0.2, -0.15) is 0 Å². The van der Waals surface area contributed by atoms with Gasteiger partial charge in [0.1, 0.15) is 0 Å². The molecule has 1 N–H and O–H groups in total. The van der Waals surface area contributed by atoms with Crippen molar-refractivity contribution in [3.63, 3.8) is 0 Å². The van der Waals surface area contributed by atoms with Gasteiger partial charge >= 0.3 is 0 Å². The molecule has 0 aliphatic heterocycles. The molecule has 0 bridgehead atoms. The molecule has 2 rings (SSSR count). The number of benzene rings is 1. The first-order chi connectivity index (χ1) is 9.13. The summed E-state index contributed by atoms with van der Waals surface area (Å²) in [5.74, 6) is 0.0191. The van der Waals surface area contributed by atoms with Gasteiger partial charge in [-0.1, -0.05) is 28.9 Å². The lowest BCUT2D eigenvalue weighted by Gasteiger charge is -2.19. The maximum atomic E-state index is 12.1. The Kier molecular flexibility index (Phi) is 4.99. The summed E-state index contributed by atoms with van der Waals surface area (Å²) >= 11 is 3.46. The minimum Gasteiger partial charge on any atom is -0.351 e. The number of likely N-dealkylation sites (N-methyl/N-ethyl adjacent to an activating group) is 1. The first-order valence-corrected chi connectivity index (χ1v) is 7.70. The molecule has 19 heavy (non-hydrogen) atoms. The van der Waals surface area contributed by atoms with Crippen LogP contribution in [-0.2, 0) is 0 Å². The van der Waals surface area contributed by atoms with Crippen molar-refractivity contribution in [2.24, 2.45) is 0 Å². The molecular weight excluding hydrogens is 304 g/mol. The topological polar surface area (TPSA) is 32.3 Å². The van der Waals surface area contributed by atoms with E-state index in [1.165, 1.54) is 12.8 Å². The maximum absolute atomic E-state index is 12.1. The van der Waals surface area contributed by atoms with E-state index in [1.54, 1.807) is 0 Å². The fourth-order valence-electron chi connectivity index (χ4n) is 2.30. The minimum atomic E-state index is 0.0191. The van der Waals surface area contributed by atoms with E-state index in [-0.39, 0.29) is 5.91 Å². The van der Waals surface area contributed by atoms with E-state index >= 15 is 0 Å². The fraction of sp³-hybridized carbons (Fsp3) is 0.533. The lowest BCUT2D eigenvalue weighted by molar-refractivity contribution is 0.0947. The molecule has 1 saturated carbocycles. The van der Waals surface area contributed by atoms with Gasteiger partial charge in [0.15, 0.2) is 0 Å². The number of amides is 1. The van der Waals surface area contributed by atoms with E-state index in [9.17, 15) is 4.79 Å². The summed E-state index contributed by atoms with van der Waals surface area (Å²) in [6.45, 7) is 6.87. The highest BCUT2D eigenvalue weighted by atomic mass is 79.9. The van der Waals surface area contributed by atoms with Crippen molar-refractivity contribution in [2.45, 2.75) is 32.7 Å². The van der Waals surface area contributed by atoms with Crippen molar-refractivity contribution in [3.8, 4) is 0 Å². The monoisotopic (exact) mass is 324 g/mol. The molecule has 1 aromatic rings. The van der Waals surface area contributed by atoms with Gasteiger partial charge in [0.05, 0.1) is 0 Å². The first kappa shape index (κ1) is 14.5. The van der Waals surface area contributed by atoms with Crippen LogP contribution in [0.4, 0.5) is 0 Å². The van der Waals surface area contributed by atoms with Gasteiger partial charge in [-0.25, -0.2) is 0 Å². The average molecular weight is 325 g/mol. The Balaban J connectivity index is 1.85. The molecular formula is C15H21BrN2O. The van der Waals surface area contributed by atoms with Crippen LogP contribution in [-0.4, -0.2) is 36.5 Å². The summed E-state index contributed by atoms with van der Waals surface area (Å²) in [4.78, 5) is 14.6. The van der Waals surface area contributed by atoms with E-state index in [2.05, 4.69) is 33.1 Å². The number of hydrogen-bond donors (Lipinski definition) is 1. The summed E-state index contributed by atoms with van der Waals surface area (Å²) in [6, 6.07) is 6.48. The number of rotatable bonds is 6. The van der Waals surface area contributed by atoms with E-state index in [0.29, 0.717) is 0 Å². The Morgan fingerprint density at radius 1 is 1.47 bits per heavy atom. The van der Waals surface area contributed by atoms with Crippen molar-refractivity contribution in [3.05, 3.63) is 33.8 Å². The zero-order chi connectivity index (χ0) is 13.8. The van der Waals surface area contributed by atoms with Crippen molar-refractivity contribution in [1.82, 2.24) is 10.2 Å². The summed E-state index contributed by atoms with van der Waals surface area (Å²) in [7, 11) is 0. The quantitative estimate of drug-likeness (QED) is 0.872. The number of nitrogens with one attached hydrogen (secondary N) is 1. The van der Waals surface area contributed by atoms with Gasteiger partial charge in [-0.05, 0) is 44.0 Å². The number of carbonyl (C=O) groups is 1. The molecule has 3 nitrogen and oxygen atoms in total. The van der Waals surface area contributed by atoms with Crippen molar-refractivity contribution in [2.75, 3.05) is 19.6 Å². The van der Waals surface area contributed by atoms with Crippen LogP contribution in [0.3, 0.4) is 0 Å². The third-order valence-corrected chi connectivity index (χ3v) is 4.53. The highest BCUT2D eigenvalue weighted by Gasteiger charge is 2.27. The molecule has 1 aliphatic carbocycles. The first-order valence-electron chi connectivity index (χ1n) is 6.90. The Labute approximate surface area is 123 Å². The summed E-state index contributed by atoms with van der Waals surface area (Å²) in [6.07, 6.45) is 2.62. The molecule has 104 valence electrons. The molecule has 0 heterocycles. The van der Waals surface area contributed by atoms with Crippen LogP contribution >= 0.6 is 15.9 Å². The zero-order valence-electron chi connectivity index (χ0n) is 11.6. The number of halogens is 1. The van der Waals surface area contributed by atoms with Crippen LogP contribution in [0, 0.1) is 6.92 Å². The van der Waals surface area contributed by atoms with Crippen LogP contribution < -0.4 is 5.32 Å². The Morgan fingerprint density at radius 3 is 2.84 bits per heavy atom. The standard InChI is InChI=1S/C15H21BrN2O/c1-3-18(12-7-8-12)10-9-17-15(19)13-5-4-6-14(16)11(13)2/h4-6,12H,3,7-10H2,1-2H3,(H,17,19). The Morgan fingerprint density at radius 2 is 2.21 bits per heavy atom. The van der Waals surface area contributed by atoms with Crippen LogP contribution in [0.2, 0.25) is 0 Å². The third-order valence-electron chi connectivity index (χ3n) is 3.67. The average Bonchev–Trinajstić information content (AvgIpc) is 3.22. The highest BCUT2D eigenvalue weighted by Crippen LogP contribution is 2.25. The van der Waals surface area contributed by atoms with Crippen LogP contribution in [0.15, 0.2) is 22.7 Å². The third kappa shape index (κ3) is 3.80. The predicted octanol–water partition coefficient (Wildman–Crippen LogP) is 2.97. The zero-order valence-corrected chi connectivity index (χ0v) is 13.2. The normalized spacial score (nSPS) is 14.7. The van der Waals surface area contributed by atoms with Crippen LogP contribution in [0.25, 0.3) is 0 Å². The fourth-order valence-corrected chi connectivity index (χ4v) is 2.67. The molecule has 0 spiro atoms. The molecule has 1 aliphatic rings. The number of hydrogen-bond acceptors (Lipinski definition) is 2. The minimum absolute atomic E-state index is 0.0191. The predicted molar refractivity (Wildman–Crippen MR) is 81.5 cm³/mol. The Hall–Kier alpha value is -0.870. The van der Waals surface area contributed by atoms with E-state index in [0.717, 1.165) is 41.3 Å². The van der Waals surface area contributed by atoms with Gasteiger partial charge in [0, 0.05) is 29.2 Å². The smallest absolute Gasteiger partial charge is 0.251 e. The summed E-state index contributed by atoms with van der Waals surface area (Å²) in [5.41, 5.74) is 1.75. The second kappa shape index (κ2) is 6.53. The lowest BCUT2D eigenvalue weighted by Crippen LogP contribution is -2.36. The molecule has 1 amide bonds. The molecule has 0 unspecified atom stereocenters. The maximum Gasteiger partial charge on any atom is 0.251 e. The lowest BCUT2D eigenvalue weighted by atomic mass is 10.1. The SMILES string of the molecule is CCN(CCNC(=O)c1cccc(Br)c1C)C1CC1. The van der Waals surface area contributed by atoms with Gasteiger partial charge in [-0.3, -0.25) is 9.69 Å². The van der Waals surface area contributed by atoms with Gasteiger partial charge in [-0.15, -0.1) is 0 Å². The van der Waals surface area contributed by atoms with Crippen molar-refractivity contribution in [1.29, 1.82) is 0 Å². The second-order valence-electron chi connectivity index (χ2n) is 5.03. The van der Waals surface area contributed by atoms with Crippen molar-refractivity contribution >= 4 is 21.8 Å². The van der Waals surface area contributed by atoms with Gasteiger partial charge in [0.2, 0.25) is 0 Å². The molecule has 1 fully saturated rings. The number of nitrogens with zero attached hydrogens (tertiary/aromatic N) is 1. The molecule has 0 saturated heterocycles. The molecule has 4 heteroatoms. The van der Waals surface area contributed by atoms with Crippen LogP contribution in [0.1, 0.15) is 35.7 Å². The molecule has 0 aromatic heterocycles. The van der Waals surface area contributed by atoms with E-state index < -0.39 is 0 Å². The molecule has 0 radical (unpaired) electrons. The van der Waals surface area contributed by atoms with E-state index in [4.69, 9.17) is 0 Å². The highest BCUT2D eigenvalue weighted by molar-refractivity contribution is 9.10. The van der Waals surface area contributed by atoms with Crippen molar-refractivity contribution < 1.29 is 4.79 Å². The second-order valence-corrected chi connectivity index (χ2v) is 5.88. The number of carbonyl (C=O) groups excluding carboxylic acids is 1. The van der Waals surface area contributed by atoms with Gasteiger partial charge < -0.3 is 5.32 Å².